The van der Waals surface area contributed by atoms with Gasteiger partial charge in [-0.15, -0.1) is 0 Å². The summed E-state index contributed by atoms with van der Waals surface area (Å²) in [6.07, 6.45) is 3.03. The smallest absolute Gasteiger partial charge is 0.261 e. The van der Waals surface area contributed by atoms with Crippen molar-refractivity contribution in [1.82, 2.24) is 10.1 Å². The third kappa shape index (κ3) is 5.44. The first-order chi connectivity index (χ1) is 16.2. The molecule has 1 fully saturated rings. The first kappa shape index (κ1) is 23.9. The van der Waals surface area contributed by atoms with Crippen molar-refractivity contribution in [2.24, 2.45) is 16.9 Å². The maximum Gasteiger partial charge on any atom is 0.261 e. The van der Waals surface area contributed by atoms with Gasteiger partial charge in [-0.3, -0.25) is 9.52 Å². The number of nitrogens with one attached hydrogen (secondary N) is 2. The van der Waals surface area contributed by atoms with Crippen molar-refractivity contribution in [3.8, 4) is 11.4 Å². The zero-order valence-corrected chi connectivity index (χ0v) is 19.6. The Bertz CT molecular complexity index is 1290. The molecule has 1 unspecified atom stereocenters. The van der Waals surface area contributed by atoms with E-state index in [4.69, 9.17) is 16.0 Å². The molecule has 2 aromatic carbocycles. The summed E-state index contributed by atoms with van der Waals surface area (Å²) in [5, 5.41) is 6.78. The summed E-state index contributed by atoms with van der Waals surface area (Å²) in [5.41, 5.74) is 12.5. The lowest BCUT2D eigenvalue weighted by Gasteiger charge is -2.12. The van der Waals surface area contributed by atoms with Crippen LogP contribution in [0.1, 0.15) is 44.5 Å². The van der Waals surface area contributed by atoms with Crippen LogP contribution in [0.3, 0.4) is 0 Å². The molecular weight excluding hydrogens is 456 g/mol. The van der Waals surface area contributed by atoms with Gasteiger partial charge in [0.1, 0.15) is 0 Å². The fourth-order valence-corrected chi connectivity index (χ4v) is 4.43. The molecule has 0 saturated heterocycles. The highest BCUT2D eigenvalue weighted by Gasteiger charge is 2.44. The maximum absolute atomic E-state index is 13.0. The predicted octanol–water partition coefficient (Wildman–Crippen LogP) is 3.01. The molecule has 6 N–H and O–H groups in total. The summed E-state index contributed by atoms with van der Waals surface area (Å²) in [4.78, 5) is 16.6. The number of nitrogens with two attached hydrogens (primary N) is 2. The molecule has 10 nitrogen and oxygen atoms in total. The lowest BCUT2D eigenvalue weighted by molar-refractivity contribution is -0.120. The minimum Gasteiger partial charge on any atom is -0.337 e. The molecule has 1 heterocycles. The number of rotatable bonds is 10. The first-order valence-corrected chi connectivity index (χ1v) is 12.5. The van der Waals surface area contributed by atoms with E-state index < -0.39 is 16.1 Å². The summed E-state index contributed by atoms with van der Waals surface area (Å²) in [5.74, 6) is 0.449. The third-order valence-electron chi connectivity index (χ3n) is 5.80. The van der Waals surface area contributed by atoms with Crippen LogP contribution < -0.4 is 21.5 Å². The molecule has 0 aliphatic heterocycles. The van der Waals surface area contributed by atoms with Crippen LogP contribution in [0.2, 0.25) is 0 Å². The molecule has 0 radical (unpaired) electrons. The van der Waals surface area contributed by atoms with Crippen LogP contribution >= 0.6 is 0 Å². The second kappa shape index (κ2) is 9.53. The van der Waals surface area contributed by atoms with E-state index in [1.54, 1.807) is 36.4 Å². The second-order valence-electron chi connectivity index (χ2n) is 8.72. The van der Waals surface area contributed by atoms with Crippen LogP contribution in [0.4, 0.5) is 11.4 Å². The molecule has 34 heavy (non-hydrogen) atoms. The molecule has 1 saturated carbocycles. The topological polar surface area (TPSA) is 166 Å². The molecule has 0 bridgehead atoms. The molecule has 4 rings (SSSR count). The van der Waals surface area contributed by atoms with Gasteiger partial charge >= 0.3 is 0 Å². The van der Waals surface area contributed by atoms with Gasteiger partial charge < -0.3 is 21.3 Å². The number of hydrogen-bond acceptors (Lipinski definition) is 8. The average molecular weight is 485 g/mol. The van der Waals surface area contributed by atoms with Crippen molar-refractivity contribution in [1.29, 1.82) is 0 Å². The summed E-state index contributed by atoms with van der Waals surface area (Å²) >= 11 is 0. The Morgan fingerprint density at radius 2 is 1.91 bits per heavy atom. The molecule has 0 spiro atoms. The quantitative estimate of drug-likeness (QED) is 0.341. The van der Waals surface area contributed by atoms with Gasteiger partial charge in [0.05, 0.1) is 16.6 Å². The summed E-state index contributed by atoms with van der Waals surface area (Å²) in [6, 6.07) is 12.4. The molecule has 3 aromatic rings. The number of amides is 1. The van der Waals surface area contributed by atoms with Gasteiger partial charge in [-0.25, -0.2) is 8.42 Å². The van der Waals surface area contributed by atoms with Crippen molar-refractivity contribution in [3.05, 3.63) is 54.4 Å². The zero-order chi connectivity index (χ0) is 24.3. The molecule has 1 aliphatic rings. The SMILES string of the molecule is CC1(C(=O)Nc2cccc(NS(=O)(=O)c3cccc(-c4noc(C(N)CCCN)n4)c3)c2)CC1. The Morgan fingerprint density at radius 3 is 2.65 bits per heavy atom. The Labute approximate surface area is 198 Å². The van der Waals surface area contributed by atoms with E-state index in [9.17, 15) is 13.2 Å². The average Bonchev–Trinajstić information content (AvgIpc) is 3.38. The molecule has 1 amide bonds. The van der Waals surface area contributed by atoms with Gasteiger partial charge in [-0.2, -0.15) is 4.98 Å². The first-order valence-electron chi connectivity index (χ1n) is 11.0. The van der Waals surface area contributed by atoms with E-state index in [0.29, 0.717) is 29.9 Å². The zero-order valence-electron chi connectivity index (χ0n) is 18.8. The van der Waals surface area contributed by atoms with Gasteiger partial charge in [0.15, 0.2) is 0 Å². The van der Waals surface area contributed by atoms with Gasteiger partial charge in [0.25, 0.3) is 10.0 Å². The molecule has 1 aromatic heterocycles. The highest BCUT2D eigenvalue weighted by atomic mass is 32.2. The van der Waals surface area contributed by atoms with Crippen molar-refractivity contribution >= 4 is 27.3 Å². The van der Waals surface area contributed by atoms with E-state index in [0.717, 1.165) is 19.3 Å². The van der Waals surface area contributed by atoms with E-state index in [1.807, 2.05) is 6.92 Å². The van der Waals surface area contributed by atoms with Gasteiger partial charge in [0.2, 0.25) is 17.6 Å². The van der Waals surface area contributed by atoms with E-state index in [-0.39, 0.29) is 27.9 Å². The van der Waals surface area contributed by atoms with Crippen LogP contribution in [0, 0.1) is 5.41 Å². The molecule has 1 aliphatic carbocycles. The van der Waals surface area contributed by atoms with Crippen LogP contribution in [0.25, 0.3) is 11.4 Å². The number of carbonyl (C=O) groups is 1. The van der Waals surface area contributed by atoms with Crippen LogP contribution in [0.5, 0.6) is 0 Å². The Balaban J connectivity index is 1.49. The van der Waals surface area contributed by atoms with Gasteiger partial charge in [0, 0.05) is 16.7 Å². The summed E-state index contributed by atoms with van der Waals surface area (Å²) in [6.45, 7) is 2.42. The van der Waals surface area contributed by atoms with Crippen molar-refractivity contribution in [2.75, 3.05) is 16.6 Å². The lowest BCUT2D eigenvalue weighted by atomic mass is 10.1. The van der Waals surface area contributed by atoms with Crippen LogP contribution in [-0.2, 0) is 14.8 Å². The Morgan fingerprint density at radius 1 is 1.18 bits per heavy atom. The normalized spacial score (nSPS) is 15.5. The van der Waals surface area contributed by atoms with Gasteiger partial charge in [-0.1, -0.05) is 30.3 Å². The van der Waals surface area contributed by atoms with Crippen molar-refractivity contribution in [3.63, 3.8) is 0 Å². The number of aromatic nitrogens is 2. The second-order valence-corrected chi connectivity index (χ2v) is 10.4. The third-order valence-corrected chi connectivity index (χ3v) is 7.18. The number of sulfonamides is 1. The van der Waals surface area contributed by atoms with Crippen LogP contribution in [0.15, 0.2) is 57.9 Å². The van der Waals surface area contributed by atoms with Crippen molar-refractivity contribution in [2.45, 2.75) is 43.5 Å². The molecule has 180 valence electrons. The lowest BCUT2D eigenvalue weighted by Crippen LogP contribution is -2.21. The Hall–Kier alpha value is -3.28. The number of nitrogens with zero attached hydrogens (tertiary/aromatic N) is 2. The molecule has 11 heteroatoms. The minimum atomic E-state index is -3.91. The van der Waals surface area contributed by atoms with Gasteiger partial charge in [-0.05, 0) is 62.6 Å². The fourth-order valence-electron chi connectivity index (χ4n) is 3.34. The highest BCUT2D eigenvalue weighted by Crippen LogP contribution is 2.45. The fraction of sp³-hybridized carbons (Fsp3) is 0.348. The number of carbonyl (C=O) groups excluding carboxylic acids is 1. The Kier molecular flexibility index (Phi) is 6.69. The minimum absolute atomic E-state index is 0.0312. The number of hydrogen-bond donors (Lipinski definition) is 4. The summed E-state index contributed by atoms with van der Waals surface area (Å²) < 4.78 is 33.8. The number of benzene rings is 2. The maximum atomic E-state index is 13.0. The summed E-state index contributed by atoms with van der Waals surface area (Å²) in [7, 11) is -3.91. The van der Waals surface area contributed by atoms with E-state index in [1.165, 1.54) is 12.1 Å². The largest absolute Gasteiger partial charge is 0.337 e. The predicted molar refractivity (Wildman–Crippen MR) is 128 cm³/mol. The van der Waals surface area contributed by atoms with E-state index in [2.05, 4.69) is 20.2 Å². The highest BCUT2D eigenvalue weighted by molar-refractivity contribution is 7.92. The monoisotopic (exact) mass is 484 g/mol. The molecular formula is C23H28N6O4S. The van der Waals surface area contributed by atoms with Crippen molar-refractivity contribution < 1.29 is 17.7 Å². The number of anilines is 2. The molecule has 1 atom stereocenters. The van der Waals surface area contributed by atoms with Crippen LogP contribution in [-0.4, -0.2) is 31.0 Å². The standard InChI is InChI=1S/C23H28N6O4S/c1-23(10-11-23)22(30)26-16-6-3-7-17(14-16)29-34(31,32)18-8-2-5-15(13-18)20-27-21(33-28-20)19(25)9-4-12-24/h2-3,5-8,13-14,19,29H,4,9-12,24-25H2,1H3,(H,26,30). The van der Waals surface area contributed by atoms with E-state index >= 15 is 0 Å².